The summed E-state index contributed by atoms with van der Waals surface area (Å²) in [6.07, 6.45) is 2.74. The summed E-state index contributed by atoms with van der Waals surface area (Å²) in [5.41, 5.74) is 13.2. The molecule has 3 aromatic rings. The van der Waals surface area contributed by atoms with Gasteiger partial charge in [-0.3, -0.25) is 9.59 Å². The zero-order valence-electron chi connectivity index (χ0n) is 19.5. The van der Waals surface area contributed by atoms with Crippen LogP contribution in [0.5, 0.6) is 0 Å². The lowest BCUT2D eigenvalue weighted by molar-refractivity contribution is -0.139. The Bertz CT molecular complexity index is 1160. The summed E-state index contributed by atoms with van der Waals surface area (Å²) in [5.74, 6) is -0.339. The van der Waals surface area contributed by atoms with Gasteiger partial charge in [-0.05, 0) is 41.7 Å². The van der Waals surface area contributed by atoms with Gasteiger partial charge in [-0.1, -0.05) is 60.7 Å². The van der Waals surface area contributed by atoms with Gasteiger partial charge in [0.05, 0.1) is 12.6 Å². The third-order valence-corrected chi connectivity index (χ3v) is 6.45. The number of aliphatic hydroxyl groups is 1. The predicted molar refractivity (Wildman–Crippen MR) is 134 cm³/mol. The lowest BCUT2D eigenvalue weighted by Crippen LogP contribution is -2.51. The van der Waals surface area contributed by atoms with Crippen LogP contribution in [0.25, 0.3) is 0 Å². The number of β-amino-alcohol motifs (C(OH)–C–C–N with tert-alkyl or cyclic N) is 1. The van der Waals surface area contributed by atoms with Crippen LogP contribution in [0.3, 0.4) is 0 Å². The molecule has 4 rings (SSSR count). The zero-order valence-corrected chi connectivity index (χ0v) is 19.5. The van der Waals surface area contributed by atoms with Gasteiger partial charge in [0.2, 0.25) is 11.8 Å². The SMILES string of the molecule is Nc1cc(CNC(=O)[C@@H]2C[C@@](O)(c3ccccc3)CN2C(=O)[C@H](N)CCc2ccccc2)ccn1. The first-order valence-electron chi connectivity index (χ1n) is 11.7. The van der Waals surface area contributed by atoms with E-state index >= 15 is 0 Å². The maximum Gasteiger partial charge on any atom is 0.243 e. The van der Waals surface area contributed by atoms with Gasteiger partial charge >= 0.3 is 0 Å². The molecule has 3 atom stereocenters. The van der Waals surface area contributed by atoms with Crippen LogP contribution in [0, 0.1) is 0 Å². The molecule has 0 saturated carbocycles. The Morgan fingerprint density at radius 2 is 1.77 bits per heavy atom. The highest BCUT2D eigenvalue weighted by Crippen LogP contribution is 2.36. The molecule has 1 aliphatic heterocycles. The summed E-state index contributed by atoms with van der Waals surface area (Å²) in [7, 11) is 0. The third kappa shape index (κ3) is 5.85. The van der Waals surface area contributed by atoms with Crippen molar-refractivity contribution in [2.24, 2.45) is 5.73 Å². The second kappa shape index (κ2) is 10.7. The minimum Gasteiger partial charge on any atom is -0.384 e. The van der Waals surface area contributed by atoms with Crippen molar-refractivity contribution in [1.29, 1.82) is 0 Å². The predicted octanol–water partition coefficient (Wildman–Crippen LogP) is 1.73. The quantitative estimate of drug-likeness (QED) is 0.394. The lowest BCUT2D eigenvalue weighted by Gasteiger charge is -2.27. The number of carbonyl (C=O) groups is 2. The Kier molecular flexibility index (Phi) is 7.43. The van der Waals surface area contributed by atoms with Crippen LogP contribution in [-0.4, -0.2) is 45.4 Å². The van der Waals surface area contributed by atoms with Crippen molar-refractivity contribution in [2.45, 2.75) is 43.5 Å². The van der Waals surface area contributed by atoms with Gasteiger partial charge in [-0.2, -0.15) is 0 Å². The molecular formula is C27H31N5O3. The van der Waals surface area contributed by atoms with Crippen LogP contribution in [0.15, 0.2) is 79.0 Å². The molecule has 8 nitrogen and oxygen atoms in total. The number of benzene rings is 2. The van der Waals surface area contributed by atoms with E-state index in [1.807, 2.05) is 48.5 Å². The average molecular weight is 474 g/mol. The molecule has 6 N–H and O–H groups in total. The van der Waals surface area contributed by atoms with Gasteiger partial charge in [0.25, 0.3) is 0 Å². The van der Waals surface area contributed by atoms with E-state index in [0.717, 1.165) is 11.1 Å². The molecular weight excluding hydrogens is 442 g/mol. The fourth-order valence-corrected chi connectivity index (χ4v) is 4.52. The van der Waals surface area contributed by atoms with Gasteiger partial charge < -0.3 is 26.8 Å². The lowest BCUT2D eigenvalue weighted by atomic mass is 9.91. The molecule has 0 aliphatic carbocycles. The molecule has 0 unspecified atom stereocenters. The van der Waals surface area contributed by atoms with E-state index in [1.165, 1.54) is 4.90 Å². The first kappa shape index (κ1) is 24.4. The molecule has 2 amide bonds. The number of carbonyl (C=O) groups excluding carboxylic acids is 2. The van der Waals surface area contributed by atoms with E-state index in [9.17, 15) is 14.7 Å². The van der Waals surface area contributed by atoms with Crippen molar-refractivity contribution in [3.8, 4) is 0 Å². The van der Waals surface area contributed by atoms with Crippen LogP contribution < -0.4 is 16.8 Å². The first-order valence-corrected chi connectivity index (χ1v) is 11.7. The van der Waals surface area contributed by atoms with Crippen LogP contribution in [0.2, 0.25) is 0 Å². The van der Waals surface area contributed by atoms with Crippen molar-refractivity contribution in [1.82, 2.24) is 15.2 Å². The number of likely N-dealkylation sites (tertiary alicyclic amines) is 1. The second-order valence-corrected chi connectivity index (χ2v) is 9.02. The fourth-order valence-electron chi connectivity index (χ4n) is 4.52. The standard InChI is InChI=1S/C27H31N5O3/c28-22(12-11-19-7-3-1-4-8-19)26(34)32-18-27(35,21-9-5-2-6-10-21)16-23(32)25(33)31-17-20-13-14-30-24(29)15-20/h1-10,13-15,22-23,35H,11-12,16-18,28H2,(H2,29,30)(H,31,33)/t22-,23+,27+/m1/s1. The highest BCUT2D eigenvalue weighted by atomic mass is 16.3. The summed E-state index contributed by atoms with van der Waals surface area (Å²) in [5, 5.41) is 14.3. The average Bonchev–Trinajstić information content (AvgIpc) is 3.25. The number of nitrogen functional groups attached to an aromatic ring is 1. The van der Waals surface area contributed by atoms with Crippen molar-refractivity contribution >= 4 is 17.6 Å². The zero-order chi connectivity index (χ0) is 24.8. The van der Waals surface area contributed by atoms with Crippen molar-refractivity contribution in [2.75, 3.05) is 12.3 Å². The van der Waals surface area contributed by atoms with E-state index in [2.05, 4.69) is 10.3 Å². The molecule has 1 aromatic heterocycles. The smallest absolute Gasteiger partial charge is 0.243 e. The van der Waals surface area contributed by atoms with E-state index < -0.39 is 17.7 Å². The van der Waals surface area contributed by atoms with Gasteiger partial charge in [0.1, 0.15) is 17.5 Å². The Morgan fingerprint density at radius 3 is 2.46 bits per heavy atom. The Labute approximate surface area is 205 Å². The molecule has 1 saturated heterocycles. The molecule has 2 heterocycles. The van der Waals surface area contributed by atoms with Crippen LogP contribution >= 0.6 is 0 Å². The fraction of sp³-hybridized carbons (Fsp3) is 0.296. The summed E-state index contributed by atoms with van der Waals surface area (Å²) >= 11 is 0. The molecule has 0 bridgehead atoms. The number of aromatic nitrogens is 1. The first-order chi connectivity index (χ1) is 16.9. The number of amides is 2. The molecule has 2 aromatic carbocycles. The third-order valence-electron chi connectivity index (χ3n) is 6.45. The van der Waals surface area contributed by atoms with Crippen molar-refractivity contribution in [3.63, 3.8) is 0 Å². The van der Waals surface area contributed by atoms with Crippen molar-refractivity contribution in [3.05, 3.63) is 95.7 Å². The number of nitrogens with two attached hydrogens (primary N) is 2. The number of pyridine rings is 1. The van der Waals surface area contributed by atoms with Crippen molar-refractivity contribution < 1.29 is 14.7 Å². The largest absolute Gasteiger partial charge is 0.384 e. The van der Waals surface area contributed by atoms with Gasteiger partial charge in [-0.15, -0.1) is 0 Å². The second-order valence-electron chi connectivity index (χ2n) is 9.02. The molecule has 35 heavy (non-hydrogen) atoms. The topological polar surface area (TPSA) is 135 Å². The molecule has 182 valence electrons. The van der Waals surface area contributed by atoms with Crippen LogP contribution in [0.4, 0.5) is 5.82 Å². The number of nitrogens with zero attached hydrogens (tertiary/aromatic N) is 2. The van der Waals surface area contributed by atoms with Crippen LogP contribution in [0.1, 0.15) is 29.5 Å². The number of aryl methyl sites for hydroxylation is 1. The summed E-state index contributed by atoms with van der Waals surface area (Å²) in [6.45, 7) is 0.225. The van der Waals surface area contributed by atoms with Gasteiger partial charge in [0, 0.05) is 19.2 Å². The molecule has 8 heteroatoms. The molecule has 0 spiro atoms. The van der Waals surface area contributed by atoms with E-state index in [-0.39, 0.29) is 31.3 Å². The molecule has 1 fully saturated rings. The van der Waals surface area contributed by atoms with Gasteiger partial charge in [-0.25, -0.2) is 4.98 Å². The minimum atomic E-state index is -1.35. The van der Waals surface area contributed by atoms with E-state index in [4.69, 9.17) is 11.5 Å². The maximum absolute atomic E-state index is 13.4. The molecule has 0 radical (unpaired) electrons. The number of anilines is 1. The summed E-state index contributed by atoms with van der Waals surface area (Å²) in [6, 6.07) is 20.7. The highest BCUT2D eigenvalue weighted by Gasteiger charge is 2.49. The Hall–Kier alpha value is -3.75. The number of nitrogens with one attached hydrogen (secondary N) is 1. The maximum atomic E-state index is 13.4. The van der Waals surface area contributed by atoms with Crippen LogP contribution in [-0.2, 0) is 28.2 Å². The number of rotatable bonds is 8. The molecule has 1 aliphatic rings. The monoisotopic (exact) mass is 473 g/mol. The summed E-state index contributed by atoms with van der Waals surface area (Å²) in [4.78, 5) is 32.0. The van der Waals surface area contributed by atoms with E-state index in [1.54, 1.807) is 30.5 Å². The number of hydrogen-bond acceptors (Lipinski definition) is 6. The number of hydrogen-bond donors (Lipinski definition) is 4. The van der Waals surface area contributed by atoms with Gasteiger partial charge in [0.15, 0.2) is 0 Å². The Balaban J connectivity index is 1.50. The normalized spacial score (nSPS) is 20.4. The van der Waals surface area contributed by atoms with E-state index in [0.29, 0.717) is 24.2 Å². The Morgan fingerprint density at radius 1 is 1.09 bits per heavy atom. The summed E-state index contributed by atoms with van der Waals surface area (Å²) < 4.78 is 0. The minimum absolute atomic E-state index is 0.00479. The highest BCUT2D eigenvalue weighted by molar-refractivity contribution is 5.90.